The summed E-state index contributed by atoms with van der Waals surface area (Å²) < 4.78 is 16.9. The summed E-state index contributed by atoms with van der Waals surface area (Å²) in [6.45, 7) is 11.2. The van der Waals surface area contributed by atoms with Gasteiger partial charge in [0, 0.05) is 35.9 Å². The second kappa shape index (κ2) is 8.94. The number of piperidine rings is 1. The SMILES string of the molecule is CC1CCC(C)(C)C2=NC3(n4nc(Nc5ccc(N6CCC(N7CCCC7)CC6)cc5F)nc4N)CC(=C21)N3. The summed E-state index contributed by atoms with van der Waals surface area (Å²) in [5.41, 5.74) is 11.3. The molecule has 2 atom stereocenters. The molecule has 4 N–H and O–H groups in total. The van der Waals surface area contributed by atoms with Gasteiger partial charge in [0.05, 0.1) is 17.8 Å². The molecule has 39 heavy (non-hydrogen) atoms. The second-order valence-corrected chi connectivity index (χ2v) is 12.8. The number of aliphatic imine (C=N–C) groups is 1. The molecule has 8 rings (SSSR count). The first-order valence-electron chi connectivity index (χ1n) is 14.6. The van der Waals surface area contributed by atoms with Crippen LogP contribution in [0.2, 0.25) is 0 Å². The van der Waals surface area contributed by atoms with Crippen LogP contribution < -0.4 is 21.3 Å². The number of hydrogen-bond acceptors (Lipinski definition) is 8. The number of nitrogen functional groups attached to an aromatic ring is 1. The van der Waals surface area contributed by atoms with E-state index in [4.69, 9.17) is 10.7 Å². The Hall–Kier alpha value is -3.14. The molecule has 6 aliphatic rings. The van der Waals surface area contributed by atoms with Crippen molar-refractivity contribution in [2.24, 2.45) is 16.3 Å². The third-order valence-electron chi connectivity index (χ3n) is 9.66. The number of allylic oxidation sites excluding steroid dienone is 1. The van der Waals surface area contributed by atoms with Gasteiger partial charge in [0.2, 0.25) is 17.7 Å². The van der Waals surface area contributed by atoms with Crippen molar-refractivity contribution in [3.63, 3.8) is 0 Å². The van der Waals surface area contributed by atoms with E-state index >= 15 is 4.39 Å². The van der Waals surface area contributed by atoms with Gasteiger partial charge in [-0.2, -0.15) is 9.67 Å². The van der Waals surface area contributed by atoms with Crippen LogP contribution in [0, 0.1) is 17.2 Å². The fraction of sp³-hybridized carbons (Fsp3) is 0.621. The molecule has 0 amide bonds. The fourth-order valence-electron chi connectivity index (χ4n) is 7.32. The molecule has 1 saturated carbocycles. The Bertz CT molecular complexity index is 1340. The maximum Gasteiger partial charge on any atom is 0.248 e. The molecule has 6 heterocycles. The fourth-order valence-corrected chi connectivity index (χ4v) is 7.32. The Labute approximate surface area is 229 Å². The quantitative estimate of drug-likeness (QED) is 0.518. The van der Waals surface area contributed by atoms with E-state index in [1.807, 2.05) is 6.07 Å². The first-order chi connectivity index (χ1) is 18.7. The number of likely N-dealkylation sites (tertiary alicyclic amines) is 1. The molecular formula is C29H40FN9. The number of halogens is 1. The minimum absolute atomic E-state index is 0.00556. The van der Waals surface area contributed by atoms with Crippen LogP contribution in [0.1, 0.15) is 65.7 Å². The molecule has 0 radical (unpaired) electrons. The minimum Gasteiger partial charge on any atom is -0.371 e. The van der Waals surface area contributed by atoms with Gasteiger partial charge in [0.1, 0.15) is 5.82 Å². The number of benzene rings is 1. The van der Waals surface area contributed by atoms with Gasteiger partial charge in [-0.25, -0.2) is 9.38 Å². The lowest BCUT2D eigenvalue weighted by atomic mass is 9.66. The van der Waals surface area contributed by atoms with E-state index in [-0.39, 0.29) is 23.1 Å². The third kappa shape index (κ3) is 4.10. The average Bonchev–Trinajstić information content (AvgIpc) is 3.57. The van der Waals surface area contributed by atoms with Crippen LogP contribution in [0.15, 0.2) is 34.5 Å². The van der Waals surface area contributed by atoms with Gasteiger partial charge in [0.15, 0.2) is 0 Å². The number of nitrogens with one attached hydrogen (secondary N) is 2. The van der Waals surface area contributed by atoms with Crippen LogP contribution in [0.25, 0.3) is 0 Å². The number of nitrogens with zero attached hydrogens (tertiary/aromatic N) is 6. The second-order valence-electron chi connectivity index (χ2n) is 12.8. The summed E-state index contributed by atoms with van der Waals surface area (Å²) in [6, 6.07) is 6.04. The molecule has 2 bridgehead atoms. The standard InChI is InChI=1S/C29H40FN9/c1-18-8-11-28(2,3)25-24(18)23-17-29(34-23,35-25)39-26(31)33-27(36-39)32-22-7-6-20(16-21(22)30)38-14-9-19(10-15-38)37-12-4-5-13-37/h6-7,16,18-19,34H,4-5,8-15,17H2,1-3H3,(H3,31,32,33,36). The highest BCUT2D eigenvalue weighted by Crippen LogP contribution is 2.50. The largest absolute Gasteiger partial charge is 0.371 e. The monoisotopic (exact) mass is 533 g/mol. The van der Waals surface area contributed by atoms with E-state index < -0.39 is 5.79 Å². The molecule has 1 aromatic heterocycles. The lowest BCUT2D eigenvalue weighted by Gasteiger charge is -2.52. The molecule has 9 nitrogen and oxygen atoms in total. The van der Waals surface area contributed by atoms with E-state index in [0.29, 0.717) is 17.6 Å². The molecule has 2 unspecified atom stereocenters. The van der Waals surface area contributed by atoms with E-state index in [1.165, 1.54) is 43.6 Å². The molecule has 0 spiro atoms. The van der Waals surface area contributed by atoms with Crippen molar-refractivity contribution in [2.75, 3.05) is 42.1 Å². The van der Waals surface area contributed by atoms with Gasteiger partial charge < -0.3 is 26.2 Å². The van der Waals surface area contributed by atoms with Crippen molar-refractivity contribution in [1.82, 2.24) is 25.0 Å². The van der Waals surface area contributed by atoms with Crippen molar-refractivity contribution >= 4 is 29.0 Å². The van der Waals surface area contributed by atoms with Crippen molar-refractivity contribution in [1.29, 1.82) is 0 Å². The summed E-state index contributed by atoms with van der Waals surface area (Å²) in [5.74, 6) is -0.0822. The lowest BCUT2D eigenvalue weighted by Crippen LogP contribution is -2.61. The number of dihydropyridines is 1. The Morgan fingerprint density at radius 3 is 2.56 bits per heavy atom. The van der Waals surface area contributed by atoms with E-state index in [9.17, 15) is 0 Å². The lowest BCUT2D eigenvalue weighted by molar-refractivity contribution is 0.138. The van der Waals surface area contributed by atoms with Crippen molar-refractivity contribution < 1.29 is 4.39 Å². The van der Waals surface area contributed by atoms with E-state index in [2.05, 4.69) is 51.3 Å². The Morgan fingerprint density at radius 2 is 1.85 bits per heavy atom. The molecule has 1 aliphatic carbocycles. The smallest absolute Gasteiger partial charge is 0.248 e. The summed E-state index contributed by atoms with van der Waals surface area (Å²) in [7, 11) is 0. The summed E-state index contributed by atoms with van der Waals surface area (Å²) >= 11 is 0. The minimum atomic E-state index is -0.761. The summed E-state index contributed by atoms with van der Waals surface area (Å²) in [6.07, 6.45) is 7.90. The van der Waals surface area contributed by atoms with Gasteiger partial charge in [-0.1, -0.05) is 20.8 Å². The van der Waals surface area contributed by atoms with Gasteiger partial charge in [0.25, 0.3) is 0 Å². The maximum atomic E-state index is 15.2. The molecule has 208 valence electrons. The zero-order valence-corrected chi connectivity index (χ0v) is 23.3. The van der Waals surface area contributed by atoms with Crippen LogP contribution in [-0.2, 0) is 5.79 Å². The number of nitrogens with two attached hydrogens (primary N) is 1. The Balaban J connectivity index is 1.06. The van der Waals surface area contributed by atoms with Crippen LogP contribution in [0.4, 0.5) is 27.7 Å². The van der Waals surface area contributed by atoms with Gasteiger partial charge in [-0.3, -0.25) is 0 Å². The molecule has 1 aromatic carbocycles. The third-order valence-corrected chi connectivity index (χ3v) is 9.66. The van der Waals surface area contributed by atoms with Gasteiger partial charge in [-0.15, -0.1) is 5.10 Å². The van der Waals surface area contributed by atoms with Crippen molar-refractivity contribution in [2.45, 2.75) is 77.5 Å². The number of anilines is 4. The maximum absolute atomic E-state index is 15.2. The molecule has 2 aromatic rings. The zero-order chi connectivity index (χ0) is 26.9. The molecule has 4 fully saturated rings. The predicted octanol–water partition coefficient (Wildman–Crippen LogP) is 4.58. The number of rotatable bonds is 5. The average molecular weight is 534 g/mol. The topological polar surface area (TPSA) is 99.6 Å². The molecule has 10 heteroatoms. The number of aromatic nitrogens is 3. The summed E-state index contributed by atoms with van der Waals surface area (Å²) in [4.78, 5) is 14.5. The van der Waals surface area contributed by atoms with Crippen LogP contribution in [0.3, 0.4) is 0 Å². The van der Waals surface area contributed by atoms with Crippen molar-refractivity contribution in [3.05, 3.63) is 35.3 Å². The highest BCUT2D eigenvalue weighted by Gasteiger charge is 2.53. The Kier molecular flexibility index (Phi) is 5.70. The first-order valence-corrected chi connectivity index (χ1v) is 14.6. The highest BCUT2D eigenvalue weighted by molar-refractivity contribution is 6.07. The van der Waals surface area contributed by atoms with Gasteiger partial charge >= 0.3 is 0 Å². The zero-order valence-electron chi connectivity index (χ0n) is 23.3. The highest BCUT2D eigenvalue weighted by atomic mass is 19.1. The Morgan fingerprint density at radius 1 is 1.10 bits per heavy atom. The van der Waals surface area contributed by atoms with Crippen LogP contribution in [0.5, 0.6) is 0 Å². The molecule has 5 aliphatic heterocycles. The normalized spacial score (nSPS) is 28.6. The molecular weight excluding hydrogens is 493 g/mol. The summed E-state index contributed by atoms with van der Waals surface area (Å²) in [5, 5.41) is 11.2. The van der Waals surface area contributed by atoms with Gasteiger partial charge in [-0.05, 0) is 81.3 Å². The number of hydrogen-bond donors (Lipinski definition) is 3. The van der Waals surface area contributed by atoms with Crippen LogP contribution in [-0.4, -0.2) is 57.6 Å². The van der Waals surface area contributed by atoms with Crippen molar-refractivity contribution in [3.8, 4) is 0 Å². The predicted molar refractivity (Wildman–Crippen MR) is 153 cm³/mol. The first kappa shape index (κ1) is 24.9. The molecule has 3 saturated heterocycles. The van der Waals surface area contributed by atoms with E-state index in [0.717, 1.165) is 50.2 Å². The van der Waals surface area contributed by atoms with Crippen LogP contribution >= 0.6 is 0 Å². The van der Waals surface area contributed by atoms with E-state index in [1.54, 1.807) is 16.8 Å².